The van der Waals surface area contributed by atoms with Crippen LogP contribution < -0.4 is 5.32 Å². The zero-order valence-electron chi connectivity index (χ0n) is 13.2. The number of unbranched alkanes of at least 4 members (excludes halogenated alkanes) is 3. The number of rotatable bonds is 10. The molecule has 0 spiro atoms. The molecule has 0 amide bonds. The monoisotopic (exact) mass is 265 g/mol. The van der Waals surface area contributed by atoms with Crippen LogP contribution in [-0.2, 0) is 6.54 Å². The Labute approximate surface area is 118 Å². The van der Waals surface area contributed by atoms with Gasteiger partial charge in [-0.1, -0.05) is 39.5 Å². The minimum atomic E-state index is 0.500. The number of hydrogen-bond donors (Lipinski definition) is 1. The van der Waals surface area contributed by atoms with Gasteiger partial charge in [0.05, 0.1) is 5.69 Å². The number of aromatic nitrogens is 2. The van der Waals surface area contributed by atoms with E-state index in [1.165, 1.54) is 32.1 Å². The highest BCUT2D eigenvalue weighted by Crippen LogP contribution is 2.10. The maximum atomic E-state index is 4.62. The Bertz CT molecular complexity index is 332. The van der Waals surface area contributed by atoms with Crippen LogP contribution in [0.1, 0.15) is 78.0 Å². The maximum absolute atomic E-state index is 4.62. The average Bonchev–Trinajstić information content (AvgIpc) is 2.89. The predicted octanol–water partition coefficient (Wildman–Crippen LogP) is 4.30. The van der Waals surface area contributed by atoms with E-state index in [1.807, 2.05) is 0 Å². The van der Waals surface area contributed by atoms with Gasteiger partial charge < -0.3 is 5.32 Å². The molecule has 0 saturated carbocycles. The Balaban J connectivity index is 2.22. The smallest absolute Gasteiger partial charge is 0.0762 e. The molecule has 0 aromatic carbocycles. The quantitative estimate of drug-likeness (QED) is 0.639. The fraction of sp³-hybridized carbons (Fsp3) is 0.812. The molecule has 2 unspecified atom stereocenters. The summed E-state index contributed by atoms with van der Waals surface area (Å²) in [6.45, 7) is 9.83. The first-order chi connectivity index (χ1) is 9.17. The number of hydrogen-bond acceptors (Lipinski definition) is 2. The summed E-state index contributed by atoms with van der Waals surface area (Å²) in [4.78, 5) is 0. The highest BCUT2D eigenvalue weighted by Gasteiger charge is 2.06. The molecule has 1 heterocycles. The average molecular weight is 265 g/mol. The molecule has 0 aliphatic carbocycles. The van der Waals surface area contributed by atoms with Crippen LogP contribution >= 0.6 is 0 Å². The zero-order valence-corrected chi connectivity index (χ0v) is 13.2. The molecule has 1 aromatic heterocycles. The van der Waals surface area contributed by atoms with E-state index in [4.69, 9.17) is 0 Å². The molecule has 3 nitrogen and oxygen atoms in total. The van der Waals surface area contributed by atoms with Gasteiger partial charge in [0.1, 0.15) is 0 Å². The van der Waals surface area contributed by atoms with E-state index in [1.54, 1.807) is 0 Å². The Hall–Kier alpha value is -0.830. The summed E-state index contributed by atoms with van der Waals surface area (Å²) < 4.78 is 2.07. The van der Waals surface area contributed by atoms with Gasteiger partial charge >= 0.3 is 0 Å². The van der Waals surface area contributed by atoms with Crippen molar-refractivity contribution in [3.8, 4) is 0 Å². The first kappa shape index (κ1) is 16.2. The zero-order chi connectivity index (χ0) is 14.1. The maximum Gasteiger partial charge on any atom is 0.0762 e. The van der Waals surface area contributed by atoms with Gasteiger partial charge in [-0.15, -0.1) is 0 Å². The highest BCUT2D eigenvalue weighted by atomic mass is 15.3. The van der Waals surface area contributed by atoms with Gasteiger partial charge in [-0.2, -0.15) is 5.10 Å². The Morgan fingerprint density at radius 3 is 2.68 bits per heavy atom. The second-order valence-electron chi connectivity index (χ2n) is 5.68. The summed E-state index contributed by atoms with van der Waals surface area (Å²) >= 11 is 0. The van der Waals surface area contributed by atoms with Crippen molar-refractivity contribution in [1.82, 2.24) is 15.1 Å². The first-order valence-electron chi connectivity index (χ1n) is 7.94. The fourth-order valence-corrected chi connectivity index (χ4v) is 2.16. The highest BCUT2D eigenvalue weighted by molar-refractivity contribution is 4.99. The van der Waals surface area contributed by atoms with E-state index in [0.717, 1.165) is 18.7 Å². The van der Waals surface area contributed by atoms with E-state index in [2.05, 4.69) is 55.1 Å². The second-order valence-corrected chi connectivity index (χ2v) is 5.68. The van der Waals surface area contributed by atoms with Crippen molar-refractivity contribution in [2.24, 2.45) is 0 Å². The molecule has 0 aliphatic heterocycles. The first-order valence-corrected chi connectivity index (χ1v) is 7.94. The standard InChI is InChI=1S/C16H31N3/c1-5-7-8-9-10-14(3)17-13-16-11-12-19(18-16)15(4)6-2/h11-12,14-15,17H,5-10,13H2,1-4H3. The Kier molecular flexibility index (Phi) is 7.80. The lowest BCUT2D eigenvalue weighted by Gasteiger charge is -2.13. The molecule has 1 N–H and O–H groups in total. The van der Waals surface area contributed by atoms with Crippen LogP contribution in [-0.4, -0.2) is 15.8 Å². The van der Waals surface area contributed by atoms with Crippen molar-refractivity contribution in [3.05, 3.63) is 18.0 Å². The van der Waals surface area contributed by atoms with E-state index in [0.29, 0.717) is 12.1 Å². The number of nitrogens with one attached hydrogen (secondary N) is 1. The lowest BCUT2D eigenvalue weighted by Crippen LogP contribution is -2.25. The largest absolute Gasteiger partial charge is 0.309 e. The predicted molar refractivity (Wildman–Crippen MR) is 82.3 cm³/mol. The van der Waals surface area contributed by atoms with Crippen LogP contribution in [0.4, 0.5) is 0 Å². The summed E-state index contributed by atoms with van der Waals surface area (Å²) in [6.07, 6.45) is 9.88. The van der Waals surface area contributed by atoms with Crippen LogP contribution in [0.2, 0.25) is 0 Å². The summed E-state index contributed by atoms with van der Waals surface area (Å²) in [5.74, 6) is 0. The lowest BCUT2D eigenvalue weighted by molar-refractivity contribution is 0.457. The van der Waals surface area contributed by atoms with Crippen molar-refractivity contribution in [3.63, 3.8) is 0 Å². The number of nitrogens with zero attached hydrogens (tertiary/aromatic N) is 2. The van der Waals surface area contributed by atoms with Crippen LogP contribution in [0.15, 0.2) is 12.3 Å². The Morgan fingerprint density at radius 1 is 1.21 bits per heavy atom. The van der Waals surface area contributed by atoms with Gasteiger partial charge in [-0.3, -0.25) is 4.68 Å². The summed E-state index contributed by atoms with van der Waals surface area (Å²) in [6, 6.07) is 3.22. The molecule has 0 radical (unpaired) electrons. The van der Waals surface area contributed by atoms with Gasteiger partial charge in [0.2, 0.25) is 0 Å². The molecule has 0 bridgehead atoms. The minimum absolute atomic E-state index is 0.500. The second kappa shape index (κ2) is 9.13. The Morgan fingerprint density at radius 2 is 2.00 bits per heavy atom. The van der Waals surface area contributed by atoms with E-state index >= 15 is 0 Å². The molecule has 1 rings (SSSR count). The van der Waals surface area contributed by atoms with Crippen LogP contribution in [0.25, 0.3) is 0 Å². The van der Waals surface area contributed by atoms with E-state index in [9.17, 15) is 0 Å². The molecular formula is C16H31N3. The molecule has 19 heavy (non-hydrogen) atoms. The molecule has 1 aromatic rings. The summed E-state index contributed by atoms with van der Waals surface area (Å²) in [5.41, 5.74) is 1.15. The third kappa shape index (κ3) is 6.24. The minimum Gasteiger partial charge on any atom is -0.309 e. The molecule has 110 valence electrons. The van der Waals surface area contributed by atoms with Crippen molar-refractivity contribution >= 4 is 0 Å². The van der Waals surface area contributed by atoms with Gasteiger partial charge in [0.15, 0.2) is 0 Å². The summed E-state index contributed by atoms with van der Waals surface area (Å²) in [5, 5.41) is 8.19. The van der Waals surface area contributed by atoms with Crippen LogP contribution in [0, 0.1) is 0 Å². The van der Waals surface area contributed by atoms with Gasteiger partial charge in [-0.05, 0) is 32.8 Å². The van der Waals surface area contributed by atoms with Gasteiger partial charge in [-0.25, -0.2) is 0 Å². The topological polar surface area (TPSA) is 29.9 Å². The van der Waals surface area contributed by atoms with E-state index < -0.39 is 0 Å². The van der Waals surface area contributed by atoms with Crippen molar-refractivity contribution in [2.45, 2.75) is 84.8 Å². The van der Waals surface area contributed by atoms with Crippen LogP contribution in [0.3, 0.4) is 0 Å². The van der Waals surface area contributed by atoms with Crippen LogP contribution in [0.5, 0.6) is 0 Å². The molecule has 0 fully saturated rings. The fourth-order valence-electron chi connectivity index (χ4n) is 2.16. The third-order valence-electron chi connectivity index (χ3n) is 3.83. The third-order valence-corrected chi connectivity index (χ3v) is 3.83. The lowest BCUT2D eigenvalue weighted by atomic mass is 10.1. The normalized spacial score (nSPS) is 14.5. The van der Waals surface area contributed by atoms with Crippen molar-refractivity contribution in [2.75, 3.05) is 0 Å². The summed E-state index contributed by atoms with van der Waals surface area (Å²) in [7, 11) is 0. The molecule has 2 atom stereocenters. The molecule has 0 saturated heterocycles. The van der Waals surface area contributed by atoms with E-state index in [-0.39, 0.29) is 0 Å². The van der Waals surface area contributed by atoms with Gasteiger partial charge in [0, 0.05) is 24.8 Å². The van der Waals surface area contributed by atoms with Gasteiger partial charge in [0.25, 0.3) is 0 Å². The molecule has 3 heteroatoms. The molecule has 0 aliphatic rings. The van der Waals surface area contributed by atoms with Crippen molar-refractivity contribution in [1.29, 1.82) is 0 Å². The van der Waals surface area contributed by atoms with Crippen molar-refractivity contribution < 1.29 is 0 Å². The molecular weight excluding hydrogens is 234 g/mol. The SMILES string of the molecule is CCCCCCC(C)NCc1ccn(C(C)CC)n1.